The van der Waals surface area contributed by atoms with Crippen LogP contribution in [0.15, 0.2) is 36.5 Å². The highest BCUT2D eigenvalue weighted by atomic mass is 35.5. The highest BCUT2D eigenvalue weighted by Gasteiger charge is 2.42. The molecule has 160 valence electrons. The van der Waals surface area contributed by atoms with E-state index in [4.69, 9.17) is 21.1 Å². The molecular formula is C21H25ClN4O4. The van der Waals surface area contributed by atoms with Crippen molar-refractivity contribution in [1.29, 1.82) is 0 Å². The molecule has 0 N–H and O–H groups in total. The van der Waals surface area contributed by atoms with Crippen LogP contribution in [0.5, 0.6) is 6.01 Å². The second kappa shape index (κ2) is 8.28. The molecular weight excluding hydrogens is 408 g/mol. The molecule has 2 aliphatic heterocycles. The highest BCUT2D eigenvalue weighted by molar-refractivity contribution is 6.30. The van der Waals surface area contributed by atoms with Gasteiger partial charge in [0, 0.05) is 35.2 Å². The first-order chi connectivity index (χ1) is 14.3. The summed E-state index contributed by atoms with van der Waals surface area (Å²) >= 11 is 5.98. The minimum absolute atomic E-state index is 0.165. The van der Waals surface area contributed by atoms with Crippen molar-refractivity contribution in [2.24, 2.45) is 0 Å². The number of nitrogens with zero attached hydrogens (tertiary/aromatic N) is 4. The van der Waals surface area contributed by atoms with Crippen LogP contribution in [0, 0.1) is 10.1 Å². The molecule has 0 spiro atoms. The van der Waals surface area contributed by atoms with Crippen molar-refractivity contribution in [1.82, 2.24) is 14.5 Å². The molecule has 0 amide bonds. The summed E-state index contributed by atoms with van der Waals surface area (Å²) in [5.41, 5.74) is 0.586. The van der Waals surface area contributed by atoms with Crippen LogP contribution in [-0.2, 0) is 11.3 Å². The lowest BCUT2D eigenvalue weighted by atomic mass is 10.0. The Bertz CT molecular complexity index is 925. The van der Waals surface area contributed by atoms with E-state index < -0.39 is 10.5 Å². The van der Waals surface area contributed by atoms with Gasteiger partial charge in [0.1, 0.15) is 23.7 Å². The van der Waals surface area contributed by atoms with Crippen LogP contribution in [0.4, 0.5) is 5.82 Å². The van der Waals surface area contributed by atoms with Crippen LogP contribution >= 0.6 is 11.6 Å². The van der Waals surface area contributed by atoms with Gasteiger partial charge in [0.15, 0.2) is 0 Å². The molecule has 4 rings (SSSR count). The van der Waals surface area contributed by atoms with Crippen molar-refractivity contribution < 1.29 is 14.4 Å². The van der Waals surface area contributed by atoms with Gasteiger partial charge in [-0.3, -0.25) is 9.47 Å². The zero-order valence-electron chi connectivity index (χ0n) is 17.1. The second-order valence-corrected chi connectivity index (χ2v) is 8.51. The predicted molar refractivity (Wildman–Crippen MR) is 114 cm³/mol. The first-order valence-corrected chi connectivity index (χ1v) is 10.4. The third-order valence-corrected chi connectivity index (χ3v) is 5.79. The lowest BCUT2D eigenvalue weighted by Crippen LogP contribution is -2.48. The smallest absolute Gasteiger partial charge is 0.415 e. The first kappa shape index (κ1) is 20.7. The molecule has 3 heterocycles. The number of halogens is 1. The second-order valence-electron chi connectivity index (χ2n) is 8.07. The number of fused-ring (bicyclic) bond motifs is 1. The highest BCUT2D eigenvalue weighted by Crippen LogP contribution is 2.32. The Labute approximate surface area is 180 Å². The number of hydrogen-bond acceptors (Lipinski definition) is 6. The number of nitro groups is 1. The average molecular weight is 433 g/mol. The number of likely N-dealkylation sites (tertiary alicyclic amines) is 1. The summed E-state index contributed by atoms with van der Waals surface area (Å²) in [6.45, 7) is 7.11. The minimum Gasteiger partial charge on any atom is -0.490 e. The van der Waals surface area contributed by atoms with Crippen molar-refractivity contribution >= 4 is 23.2 Å². The number of hydrogen-bond donors (Lipinski definition) is 0. The van der Waals surface area contributed by atoms with E-state index in [0.29, 0.717) is 17.6 Å². The van der Waals surface area contributed by atoms with Crippen LogP contribution < -0.4 is 4.74 Å². The van der Waals surface area contributed by atoms with Crippen LogP contribution in [0.1, 0.15) is 32.3 Å². The standard InChI is InChI=1S/C21H25ClN4O4/c1-3-18(15-4-6-16(22)7-5-15)29-17-8-10-24(11-9-17)13-21(2)14-25-12-19(26(27)28)23-20(25)30-21/h3-7,12,17H,8-11,13-14H2,1-2H3. The molecule has 2 aromatic rings. The van der Waals surface area contributed by atoms with E-state index >= 15 is 0 Å². The van der Waals surface area contributed by atoms with Crippen LogP contribution in [0.2, 0.25) is 5.02 Å². The third-order valence-electron chi connectivity index (χ3n) is 5.53. The topological polar surface area (TPSA) is 82.7 Å². The fraction of sp³-hybridized carbons (Fsp3) is 0.476. The number of ether oxygens (including phenoxy) is 2. The van der Waals surface area contributed by atoms with Gasteiger partial charge in [-0.2, -0.15) is 0 Å². The van der Waals surface area contributed by atoms with Gasteiger partial charge in [0.2, 0.25) is 0 Å². The summed E-state index contributed by atoms with van der Waals surface area (Å²) in [6, 6.07) is 8.00. The van der Waals surface area contributed by atoms with Crippen molar-refractivity contribution in [3.63, 3.8) is 0 Å². The molecule has 1 aromatic carbocycles. The van der Waals surface area contributed by atoms with Crippen molar-refractivity contribution in [2.45, 2.75) is 44.9 Å². The Morgan fingerprint density at radius 2 is 2.10 bits per heavy atom. The molecule has 0 saturated carbocycles. The van der Waals surface area contributed by atoms with Crippen molar-refractivity contribution in [2.75, 3.05) is 19.6 Å². The van der Waals surface area contributed by atoms with Gasteiger partial charge in [0.05, 0.1) is 6.54 Å². The van der Waals surface area contributed by atoms with Crippen LogP contribution in [0.25, 0.3) is 5.76 Å². The molecule has 0 aliphatic carbocycles. The number of imidazole rings is 1. The van der Waals surface area contributed by atoms with Gasteiger partial charge in [0.25, 0.3) is 0 Å². The average Bonchev–Trinajstić information content (AvgIpc) is 3.23. The minimum atomic E-state index is -0.500. The number of allylic oxidation sites excluding steroid dienone is 1. The fourth-order valence-electron chi connectivity index (χ4n) is 4.12. The Kier molecular flexibility index (Phi) is 5.71. The molecule has 1 unspecified atom stereocenters. The van der Waals surface area contributed by atoms with Gasteiger partial charge in [-0.25, -0.2) is 0 Å². The van der Waals surface area contributed by atoms with E-state index in [9.17, 15) is 10.1 Å². The molecule has 1 atom stereocenters. The van der Waals surface area contributed by atoms with E-state index in [0.717, 1.165) is 43.8 Å². The van der Waals surface area contributed by atoms with Gasteiger partial charge in [-0.05, 0) is 62.0 Å². The molecule has 0 bridgehead atoms. The third kappa shape index (κ3) is 4.44. The molecule has 0 radical (unpaired) electrons. The number of aromatic nitrogens is 2. The zero-order chi connectivity index (χ0) is 21.3. The molecule has 1 aromatic heterocycles. The molecule has 8 nitrogen and oxygen atoms in total. The summed E-state index contributed by atoms with van der Waals surface area (Å²) in [6.07, 6.45) is 5.45. The molecule has 2 aliphatic rings. The van der Waals surface area contributed by atoms with Crippen LogP contribution in [-0.4, -0.2) is 50.7 Å². The summed E-state index contributed by atoms with van der Waals surface area (Å²) in [7, 11) is 0. The van der Waals surface area contributed by atoms with E-state index in [1.807, 2.05) is 44.2 Å². The fourth-order valence-corrected chi connectivity index (χ4v) is 4.24. The maximum absolute atomic E-state index is 10.9. The number of piperidine rings is 1. The molecule has 1 fully saturated rings. The molecule has 30 heavy (non-hydrogen) atoms. The van der Waals surface area contributed by atoms with Crippen molar-refractivity contribution in [3.05, 3.63) is 57.2 Å². The number of rotatable bonds is 6. The normalized spacial score (nSPS) is 22.6. The maximum Gasteiger partial charge on any atom is 0.415 e. The summed E-state index contributed by atoms with van der Waals surface area (Å²) in [5, 5.41) is 11.6. The van der Waals surface area contributed by atoms with E-state index in [1.54, 1.807) is 4.57 Å². The lowest BCUT2D eigenvalue weighted by Gasteiger charge is -2.36. The lowest BCUT2D eigenvalue weighted by molar-refractivity contribution is -0.389. The Morgan fingerprint density at radius 1 is 1.40 bits per heavy atom. The van der Waals surface area contributed by atoms with Gasteiger partial charge >= 0.3 is 11.8 Å². The summed E-state index contributed by atoms with van der Waals surface area (Å²) in [4.78, 5) is 16.7. The van der Waals surface area contributed by atoms with Crippen molar-refractivity contribution in [3.8, 4) is 6.01 Å². The first-order valence-electron chi connectivity index (χ1n) is 10.1. The van der Waals surface area contributed by atoms with Gasteiger partial charge < -0.3 is 19.6 Å². The van der Waals surface area contributed by atoms with Crippen LogP contribution in [0.3, 0.4) is 0 Å². The maximum atomic E-state index is 10.9. The summed E-state index contributed by atoms with van der Waals surface area (Å²) < 4.78 is 13.9. The molecule has 1 saturated heterocycles. The van der Waals surface area contributed by atoms with Gasteiger partial charge in [-0.15, -0.1) is 0 Å². The number of benzene rings is 1. The van der Waals surface area contributed by atoms with Gasteiger partial charge in [-0.1, -0.05) is 11.6 Å². The zero-order valence-corrected chi connectivity index (χ0v) is 17.8. The molecule has 9 heteroatoms. The largest absolute Gasteiger partial charge is 0.490 e. The Morgan fingerprint density at radius 3 is 2.70 bits per heavy atom. The van der Waals surface area contributed by atoms with E-state index in [2.05, 4.69) is 9.88 Å². The van der Waals surface area contributed by atoms with E-state index in [1.165, 1.54) is 6.20 Å². The Balaban J connectivity index is 1.29. The predicted octanol–water partition coefficient (Wildman–Crippen LogP) is 4.14. The van der Waals surface area contributed by atoms with E-state index in [-0.39, 0.29) is 11.9 Å². The monoisotopic (exact) mass is 432 g/mol. The quantitative estimate of drug-likeness (QED) is 0.387. The summed E-state index contributed by atoms with van der Waals surface area (Å²) in [5.74, 6) is 0.703. The SMILES string of the molecule is CC=C(OC1CCN(CC2(C)Cn3cc([N+](=O)[O-])nc3O2)CC1)c1ccc(Cl)cc1. The Hall–Kier alpha value is -2.58.